The van der Waals surface area contributed by atoms with Gasteiger partial charge in [0.05, 0.1) is 26.2 Å². The van der Waals surface area contributed by atoms with Gasteiger partial charge in [-0.05, 0) is 19.8 Å². The highest BCUT2D eigenvalue weighted by Crippen LogP contribution is 2.23. The van der Waals surface area contributed by atoms with Crippen LogP contribution in [0.3, 0.4) is 0 Å². The molecule has 0 atom stereocenters. The van der Waals surface area contributed by atoms with Crippen molar-refractivity contribution in [3.05, 3.63) is 0 Å². The molecule has 5 heteroatoms. The molecule has 0 radical (unpaired) electrons. The minimum atomic E-state index is -0.772. The second-order valence-electron chi connectivity index (χ2n) is 4.67. The number of ether oxygens (including phenoxy) is 1. The van der Waals surface area contributed by atoms with Crippen LogP contribution in [-0.2, 0) is 9.53 Å². The fourth-order valence-corrected chi connectivity index (χ4v) is 1.92. The van der Waals surface area contributed by atoms with Gasteiger partial charge in [0.1, 0.15) is 0 Å². The fraction of sp³-hybridized carbons (Fsp3) is 0.923. The van der Waals surface area contributed by atoms with E-state index in [0.29, 0.717) is 26.3 Å². The van der Waals surface area contributed by atoms with Crippen molar-refractivity contribution in [2.24, 2.45) is 0 Å². The Kier molecular flexibility index (Phi) is 8.97. The van der Waals surface area contributed by atoms with Crippen molar-refractivity contribution in [3.63, 3.8) is 0 Å². The Morgan fingerprint density at radius 1 is 1.22 bits per heavy atom. The van der Waals surface area contributed by atoms with E-state index in [2.05, 4.69) is 25.7 Å². The van der Waals surface area contributed by atoms with Crippen molar-refractivity contribution >= 4 is 5.97 Å². The molecule has 0 bridgehead atoms. The molecule has 0 unspecified atom stereocenters. The highest BCUT2D eigenvalue weighted by molar-refractivity contribution is 5.66. The van der Waals surface area contributed by atoms with Crippen molar-refractivity contribution in [1.29, 1.82) is 0 Å². The molecule has 108 valence electrons. The summed E-state index contributed by atoms with van der Waals surface area (Å²) in [6, 6.07) is 0. The Bertz CT molecular complexity index is 229. The summed E-state index contributed by atoms with van der Waals surface area (Å²) >= 11 is 0. The summed E-state index contributed by atoms with van der Waals surface area (Å²) in [6.45, 7) is 8.51. The summed E-state index contributed by atoms with van der Waals surface area (Å²) in [6.07, 6.45) is 2.10. The number of carboxylic acids is 1. The zero-order chi connectivity index (χ0) is 14.0. The average Bonchev–Trinajstić information content (AvgIpc) is 2.36. The maximum Gasteiger partial charge on any atom is 0.304 e. The van der Waals surface area contributed by atoms with Crippen LogP contribution in [0.4, 0.5) is 0 Å². The molecule has 0 aromatic heterocycles. The molecule has 0 spiro atoms. The number of rotatable bonds is 11. The maximum atomic E-state index is 10.7. The molecular weight excluding hydrogens is 234 g/mol. The van der Waals surface area contributed by atoms with Crippen molar-refractivity contribution in [2.45, 2.75) is 45.6 Å². The standard InChI is InChI=1S/C13H27NO4/c1-4-13(3,5-2)14(7-6-12(16)17)8-10-18-11-9-15/h15H,4-11H2,1-3H3,(H,16,17). The van der Waals surface area contributed by atoms with Crippen LogP contribution >= 0.6 is 0 Å². The number of hydrogen-bond donors (Lipinski definition) is 2. The van der Waals surface area contributed by atoms with Crippen LogP contribution in [-0.4, -0.2) is 59.5 Å². The van der Waals surface area contributed by atoms with E-state index in [-0.39, 0.29) is 18.6 Å². The lowest BCUT2D eigenvalue weighted by Gasteiger charge is -2.40. The third-order valence-electron chi connectivity index (χ3n) is 3.62. The van der Waals surface area contributed by atoms with E-state index in [0.717, 1.165) is 12.8 Å². The number of carboxylic acid groups (broad SMARTS) is 1. The molecule has 0 aromatic rings. The third-order valence-corrected chi connectivity index (χ3v) is 3.62. The summed E-state index contributed by atoms with van der Waals surface area (Å²) < 4.78 is 5.27. The summed E-state index contributed by atoms with van der Waals surface area (Å²) in [5, 5.41) is 17.4. The van der Waals surface area contributed by atoms with Crippen LogP contribution < -0.4 is 0 Å². The number of hydrogen-bond acceptors (Lipinski definition) is 4. The minimum Gasteiger partial charge on any atom is -0.481 e. The smallest absolute Gasteiger partial charge is 0.304 e. The largest absolute Gasteiger partial charge is 0.481 e. The predicted molar refractivity (Wildman–Crippen MR) is 70.7 cm³/mol. The molecule has 0 fully saturated rings. The molecule has 18 heavy (non-hydrogen) atoms. The van der Waals surface area contributed by atoms with Gasteiger partial charge < -0.3 is 14.9 Å². The van der Waals surface area contributed by atoms with Gasteiger partial charge in [-0.1, -0.05) is 13.8 Å². The van der Waals surface area contributed by atoms with Crippen LogP contribution in [0.2, 0.25) is 0 Å². The molecule has 0 aliphatic carbocycles. The summed E-state index contributed by atoms with van der Waals surface area (Å²) in [5.74, 6) is -0.772. The lowest BCUT2D eigenvalue weighted by atomic mass is 9.93. The minimum absolute atomic E-state index is 0.0119. The van der Waals surface area contributed by atoms with Crippen LogP contribution in [0, 0.1) is 0 Å². The molecule has 0 aromatic carbocycles. The maximum absolute atomic E-state index is 10.7. The van der Waals surface area contributed by atoms with E-state index in [1.165, 1.54) is 0 Å². The molecule has 0 amide bonds. The van der Waals surface area contributed by atoms with Gasteiger partial charge in [-0.25, -0.2) is 0 Å². The van der Waals surface area contributed by atoms with Crippen molar-refractivity contribution in [3.8, 4) is 0 Å². The molecule has 0 aliphatic rings. The Balaban J connectivity index is 4.35. The number of aliphatic hydroxyl groups excluding tert-OH is 1. The zero-order valence-corrected chi connectivity index (χ0v) is 11.8. The van der Waals surface area contributed by atoms with Gasteiger partial charge in [-0.2, -0.15) is 0 Å². The number of carbonyl (C=O) groups is 1. The van der Waals surface area contributed by atoms with E-state index in [1.54, 1.807) is 0 Å². The molecule has 0 saturated heterocycles. The normalized spacial score (nSPS) is 12.1. The summed E-state index contributed by atoms with van der Waals surface area (Å²) in [7, 11) is 0. The molecule has 0 aliphatic heterocycles. The first-order valence-corrected chi connectivity index (χ1v) is 6.65. The van der Waals surface area contributed by atoms with E-state index in [9.17, 15) is 4.79 Å². The van der Waals surface area contributed by atoms with Gasteiger partial charge in [0.25, 0.3) is 0 Å². The topological polar surface area (TPSA) is 70.0 Å². The zero-order valence-electron chi connectivity index (χ0n) is 11.8. The predicted octanol–water partition coefficient (Wildman–Crippen LogP) is 1.35. The highest BCUT2D eigenvalue weighted by atomic mass is 16.5. The van der Waals surface area contributed by atoms with Crippen molar-refractivity contribution in [2.75, 3.05) is 32.9 Å². The Hall–Kier alpha value is -0.650. The number of nitrogens with zero attached hydrogens (tertiary/aromatic N) is 1. The summed E-state index contributed by atoms with van der Waals surface area (Å²) in [4.78, 5) is 12.9. The van der Waals surface area contributed by atoms with E-state index >= 15 is 0 Å². The average molecular weight is 261 g/mol. The van der Waals surface area contributed by atoms with Crippen molar-refractivity contribution < 1.29 is 19.7 Å². The van der Waals surface area contributed by atoms with Crippen LogP contribution in [0.25, 0.3) is 0 Å². The highest BCUT2D eigenvalue weighted by Gasteiger charge is 2.27. The van der Waals surface area contributed by atoms with Gasteiger partial charge in [0.15, 0.2) is 0 Å². The Labute approximate surface area is 110 Å². The van der Waals surface area contributed by atoms with E-state index < -0.39 is 5.97 Å². The molecular formula is C13H27NO4. The summed E-state index contributed by atoms with van der Waals surface area (Å²) in [5.41, 5.74) is 0.0119. The first-order valence-electron chi connectivity index (χ1n) is 6.65. The third kappa shape index (κ3) is 6.33. The first kappa shape index (κ1) is 17.4. The molecule has 2 N–H and O–H groups in total. The monoisotopic (exact) mass is 261 g/mol. The molecule has 0 heterocycles. The van der Waals surface area contributed by atoms with Gasteiger partial charge in [0.2, 0.25) is 0 Å². The lowest BCUT2D eigenvalue weighted by Crippen LogP contribution is -2.48. The fourth-order valence-electron chi connectivity index (χ4n) is 1.92. The first-order chi connectivity index (χ1) is 8.50. The van der Waals surface area contributed by atoms with Crippen LogP contribution in [0.1, 0.15) is 40.0 Å². The van der Waals surface area contributed by atoms with Crippen molar-refractivity contribution in [1.82, 2.24) is 4.90 Å². The lowest BCUT2D eigenvalue weighted by molar-refractivity contribution is -0.137. The van der Waals surface area contributed by atoms with Crippen LogP contribution in [0.5, 0.6) is 0 Å². The Morgan fingerprint density at radius 2 is 1.83 bits per heavy atom. The quantitative estimate of drug-likeness (QED) is 0.549. The second-order valence-corrected chi connectivity index (χ2v) is 4.67. The van der Waals surface area contributed by atoms with Crippen LogP contribution in [0.15, 0.2) is 0 Å². The van der Waals surface area contributed by atoms with Gasteiger partial charge in [0, 0.05) is 18.6 Å². The van der Waals surface area contributed by atoms with Gasteiger partial charge in [-0.15, -0.1) is 0 Å². The molecule has 0 rings (SSSR count). The SMILES string of the molecule is CCC(C)(CC)N(CCOCCO)CCC(=O)O. The van der Waals surface area contributed by atoms with Gasteiger partial charge in [-0.3, -0.25) is 9.69 Å². The van der Waals surface area contributed by atoms with Gasteiger partial charge >= 0.3 is 5.97 Å². The molecule has 5 nitrogen and oxygen atoms in total. The van der Waals surface area contributed by atoms with E-state index in [1.807, 2.05) is 0 Å². The number of aliphatic hydroxyl groups is 1. The van der Waals surface area contributed by atoms with E-state index in [4.69, 9.17) is 14.9 Å². The Morgan fingerprint density at radius 3 is 2.28 bits per heavy atom. The number of aliphatic carboxylic acids is 1. The molecule has 0 saturated carbocycles. The second kappa shape index (κ2) is 9.30.